The molecule has 20 heavy (non-hydrogen) atoms. The minimum Gasteiger partial charge on any atom is -0.381 e. The van der Waals surface area contributed by atoms with E-state index < -0.39 is 0 Å². The van der Waals surface area contributed by atoms with Gasteiger partial charge in [0.15, 0.2) is 0 Å². The molecule has 0 aliphatic carbocycles. The van der Waals surface area contributed by atoms with Crippen LogP contribution >= 0.6 is 15.9 Å². The highest BCUT2D eigenvalue weighted by molar-refractivity contribution is 9.10. The summed E-state index contributed by atoms with van der Waals surface area (Å²) in [5.41, 5.74) is 3.51. The van der Waals surface area contributed by atoms with Crippen molar-refractivity contribution in [2.75, 3.05) is 5.32 Å². The van der Waals surface area contributed by atoms with Gasteiger partial charge in [0.25, 0.3) is 0 Å². The summed E-state index contributed by atoms with van der Waals surface area (Å²) in [6.07, 6.45) is 3.77. The number of anilines is 1. The van der Waals surface area contributed by atoms with Crippen molar-refractivity contribution < 1.29 is 0 Å². The molecule has 0 saturated carbocycles. The number of pyridine rings is 1. The Labute approximate surface area is 127 Å². The van der Waals surface area contributed by atoms with Crippen LogP contribution in [0.3, 0.4) is 0 Å². The molecule has 0 unspecified atom stereocenters. The van der Waals surface area contributed by atoms with Gasteiger partial charge in [0.05, 0.1) is 0 Å². The van der Waals surface area contributed by atoms with Crippen LogP contribution in [-0.4, -0.2) is 4.98 Å². The molecule has 0 spiro atoms. The van der Waals surface area contributed by atoms with Gasteiger partial charge in [0.1, 0.15) is 0 Å². The molecule has 0 atom stereocenters. The fourth-order valence-electron chi connectivity index (χ4n) is 2.24. The summed E-state index contributed by atoms with van der Waals surface area (Å²) >= 11 is 3.50. The second kappa shape index (κ2) is 5.63. The third-order valence-electron chi connectivity index (χ3n) is 3.23. The lowest BCUT2D eigenvalue weighted by atomic mass is 10.1. The first-order valence-corrected chi connectivity index (χ1v) is 7.34. The number of nitrogens with zero attached hydrogens (tertiary/aromatic N) is 1. The van der Waals surface area contributed by atoms with E-state index in [0.29, 0.717) is 0 Å². The number of hydrogen-bond acceptors (Lipinski definition) is 2. The first-order valence-electron chi connectivity index (χ1n) is 6.54. The SMILES string of the molecule is Cc1cncc(CNc2ccc3cc(Br)ccc3c2)c1. The summed E-state index contributed by atoms with van der Waals surface area (Å²) in [6.45, 7) is 2.85. The maximum Gasteiger partial charge on any atom is 0.0416 e. The summed E-state index contributed by atoms with van der Waals surface area (Å²) in [6, 6.07) is 14.9. The molecule has 2 nitrogen and oxygen atoms in total. The fourth-order valence-corrected chi connectivity index (χ4v) is 2.62. The Morgan fingerprint density at radius 2 is 1.80 bits per heavy atom. The van der Waals surface area contributed by atoms with Crippen LogP contribution in [0.4, 0.5) is 5.69 Å². The van der Waals surface area contributed by atoms with Gasteiger partial charge in [0, 0.05) is 29.1 Å². The zero-order chi connectivity index (χ0) is 13.9. The highest BCUT2D eigenvalue weighted by Gasteiger charge is 1.99. The van der Waals surface area contributed by atoms with Gasteiger partial charge in [-0.3, -0.25) is 4.98 Å². The number of halogens is 1. The first kappa shape index (κ1) is 13.1. The van der Waals surface area contributed by atoms with Gasteiger partial charge in [-0.25, -0.2) is 0 Å². The van der Waals surface area contributed by atoms with Crippen LogP contribution in [0.15, 0.2) is 59.3 Å². The van der Waals surface area contributed by atoms with E-state index in [4.69, 9.17) is 0 Å². The zero-order valence-electron chi connectivity index (χ0n) is 11.2. The lowest BCUT2D eigenvalue weighted by molar-refractivity contribution is 1.10. The van der Waals surface area contributed by atoms with E-state index in [2.05, 4.69) is 75.6 Å². The van der Waals surface area contributed by atoms with E-state index in [1.165, 1.54) is 21.9 Å². The lowest BCUT2D eigenvalue weighted by Gasteiger charge is -2.08. The van der Waals surface area contributed by atoms with Crippen molar-refractivity contribution >= 4 is 32.4 Å². The van der Waals surface area contributed by atoms with Gasteiger partial charge in [-0.1, -0.05) is 34.1 Å². The van der Waals surface area contributed by atoms with Crippen molar-refractivity contribution in [1.29, 1.82) is 0 Å². The average Bonchev–Trinajstić information content (AvgIpc) is 2.45. The third kappa shape index (κ3) is 2.99. The molecule has 1 aromatic heterocycles. The van der Waals surface area contributed by atoms with E-state index in [9.17, 15) is 0 Å². The topological polar surface area (TPSA) is 24.9 Å². The molecule has 3 aromatic rings. The minimum absolute atomic E-state index is 0.788. The highest BCUT2D eigenvalue weighted by atomic mass is 79.9. The smallest absolute Gasteiger partial charge is 0.0416 e. The summed E-state index contributed by atoms with van der Waals surface area (Å²) in [5, 5.41) is 5.92. The number of rotatable bonds is 3. The molecule has 0 radical (unpaired) electrons. The normalized spacial score (nSPS) is 10.7. The summed E-state index contributed by atoms with van der Waals surface area (Å²) in [5.74, 6) is 0. The molecule has 3 heteroatoms. The molecule has 1 heterocycles. The molecule has 0 aliphatic heterocycles. The fraction of sp³-hybridized carbons (Fsp3) is 0.118. The van der Waals surface area contributed by atoms with E-state index in [1.807, 2.05) is 12.4 Å². The second-order valence-corrected chi connectivity index (χ2v) is 5.85. The second-order valence-electron chi connectivity index (χ2n) is 4.93. The van der Waals surface area contributed by atoms with Crippen LogP contribution in [0.2, 0.25) is 0 Å². The van der Waals surface area contributed by atoms with E-state index in [0.717, 1.165) is 16.7 Å². The Kier molecular flexibility index (Phi) is 3.70. The molecule has 0 amide bonds. The lowest BCUT2D eigenvalue weighted by Crippen LogP contribution is -2.00. The van der Waals surface area contributed by atoms with Crippen molar-refractivity contribution in [2.24, 2.45) is 0 Å². The first-order chi connectivity index (χ1) is 9.70. The number of nitrogens with one attached hydrogen (secondary N) is 1. The summed E-state index contributed by atoms with van der Waals surface area (Å²) in [4.78, 5) is 4.21. The molecule has 3 rings (SSSR count). The van der Waals surface area contributed by atoms with E-state index >= 15 is 0 Å². The van der Waals surface area contributed by atoms with Crippen molar-refractivity contribution in [3.05, 3.63) is 70.5 Å². The van der Waals surface area contributed by atoms with E-state index in [-0.39, 0.29) is 0 Å². The number of fused-ring (bicyclic) bond motifs is 1. The van der Waals surface area contributed by atoms with Crippen molar-refractivity contribution in [1.82, 2.24) is 4.98 Å². The monoisotopic (exact) mass is 326 g/mol. The van der Waals surface area contributed by atoms with Crippen LogP contribution in [-0.2, 0) is 6.54 Å². The molecule has 0 saturated heterocycles. The van der Waals surface area contributed by atoms with Gasteiger partial charge in [-0.15, -0.1) is 0 Å². The molecule has 2 aromatic carbocycles. The average molecular weight is 327 g/mol. The van der Waals surface area contributed by atoms with Crippen LogP contribution in [0, 0.1) is 6.92 Å². The van der Waals surface area contributed by atoms with Gasteiger partial charge in [-0.05, 0) is 53.1 Å². The number of hydrogen-bond donors (Lipinski definition) is 1. The van der Waals surface area contributed by atoms with Crippen LogP contribution in [0.25, 0.3) is 10.8 Å². The predicted octanol–water partition coefficient (Wildman–Crippen LogP) is 4.92. The molecular formula is C17H15BrN2. The molecule has 0 fully saturated rings. The zero-order valence-corrected chi connectivity index (χ0v) is 12.8. The molecule has 0 bridgehead atoms. The minimum atomic E-state index is 0.788. The van der Waals surface area contributed by atoms with Gasteiger partial charge in [-0.2, -0.15) is 0 Å². The third-order valence-corrected chi connectivity index (χ3v) is 3.72. The molecule has 100 valence electrons. The summed E-state index contributed by atoms with van der Waals surface area (Å²) < 4.78 is 1.11. The maximum absolute atomic E-state index is 4.21. The van der Waals surface area contributed by atoms with Crippen LogP contribution in [0.5, 0.6) is 0 Å². The van der Waals surface area contributed by atoms with Crippen molar-refractivity contribution in [2.45, 2.75) is 13.5 Å². The largest absolute Gasteiger partial charge is 0.381 e. The standard InChI is InChI=1S/C17H15BrN2/c1-12-6-13(10-19-9-12)11-20-17-5-3-14-7-16(18)4-2-15(14)8-17/h2-10,20H,11H2,1H3. The van der Waals surface area contributed by atoms with Gasteiger partial charge >= 0.3 is 0 Å². The van der Waals surface area contributed by atoms with E-state index in [1.54, 1.807) is 0 Å². The highest BCUT2D eigenvalue weighted by Crippen LogP contribution is 2.23. The quantitative estimate of drug-likeness (QED) is 0.739. The van der Waals surface area contributed by atoms with Gasteiger partial charge < -0.3 is 5.32 Å². The number of aryl methyl sites for hydroxylation is 1. The van der Waals surface area contributed by atoms with Crippen molar-refractivity contribution in [3.63, 3.8) is 0 Å². The summed E-state index contributed by atoms with van der Waals surface area (Å²) in [7, 11) is 0. The van der Waals surface area contributed by atoms with Crippen LogP contribution < -0.4 is 5.32 Å². The molecule has 1 N–H and O–H groups in total. The number of benzene rings is 2. The Morgan fingerprint density at radius 3 is 2.65 bits per heavy atom. The Balaban J connectivity index is 1.79. The Hall–Kier alpha value is -1.87. The Bertz CT molecular complexity index is 753. The van der Waals surface area contributed by atoms with Crippen molar-refractivity contribution in [3.8, 4) is 0 Å². The number of aromatic nitrogens is 1. The van der Waals surface area contributed by atoms with Gasteiger partial charge in [0.2, 0.25) is 0 Å². The maximum atomic E-state index is 4.21. The predicted molar refractivity (Wildman–Crippen MR) is 87.9 cm³/mol. The molecule has 0 aliphatic rings. The molecular weight excluding hydrogens is 312 g/mol. The Morgan fingerprint density at radius 1 is 1.00 bits per heavy atom. The van der Waals surface area contributed by atoms with Crippen LogP contribution in [0.1, 0.15) is 11.1 Å².